The van der Waals surface area contributed by atoms with E-state index in [-0.39, 0.29) is 0 Å². The van der Waals surface area contributed by atoms with Gasteiger partial charge in [0.05, 0.1) is 12.0 Å². The summed E-state index contributed by atoms with van der Waals surface area (Å²) in [5.74, 6) is 0.471. The average Bonchev–Trinajstić information content (AvgIpc) is 2.49. The van der Waals surface area contributed by atoms with Crippen LogP contribution in [0.15, 0.2) is 12.5 Å². The number of hydrogen-bond donors (Lipinski definition) is 1. The summed E-state index contributed by atoms with van der Waals surface area (Å²) in [5.41, 5.74) is 0.554. The molecule has 1 aromatic rings. The first-order valence-electron chi connectivity index (χ1n) is 5.15. The fourth-order valence-electron chi connectivity index (χ4n) is 1.32. The van der Waals surface area contributed by atoms with Crippen molar-refractivity contribution in [2.75, 3.05) is 6.54 Å². The normalized spacial score (nSPS) is 12.4. The van der Waals surface area contributed by atoms with Crippen molar-refractivity contribution in [2.45, 2.75) is 33.1 Å². The topological polar surface area (TPSA) is 29.9 Å². The fraction of sp³-hybridized carbons (Fsp3) is 0.700. The van der Waals surface area contributed by atoms with Crippen LogP contribution in [-0.4, -0.2) is 22.3 Å². The molecule has 1 aromatic heterocycles. The van der Waals surface area contributed by atoms with Crippen LogP contribution in [0.1, 0.15) is 19.5 Å². The molecule has 0 aliphatic carbocycles. The lowest BCUT2D eigenvalue weighted by Gasteiger charge is -2.12. The molecule has 0 fully saturated rings. The predicted molar refractivity (Wildman–Crippen MR) is 54.8 cm³/mol. The number of rotatable bonds is 5. The third-order valence-electron chi connectivity index (χ3n) is 2.01. The maximum atomic E-state index is 12.2. The standard InChI is InChI=1S/C10H16F3N3/c1-8(2)3-14-4-9-5-15-7-16(9)6-10(11,12)13/h5,7-8,14H,3-4,6H2,1-2H3. The Balaban J connectivity index is 2.51. The summed E-state index contributed by atoms with van der Waals surface area (Å²) in [6, 6.07) is 0. The molecule has 0 unspecified atom stereocenters. The summed E-state index contributed by atoms with van der Waals surface area (Å²) in [4.78, 5) is 3.73. The highest BCUT2D eigenvalue weighted by Crippen LogP contribution is 2.18. The van der Waals surface area contributed by atoms with Crippen LogP contribution >= 0.6 is 0 Å². The van der Waals surface area contributed by atoms with Gasteiger partial charge in [-0.25, -0.2) is 4.98 Å². The maximum absolute atomic E-state index is 12.2. The molecular formula is C10H16F3N3. The van der Waals surface area contributed by atoms with Crippen molar-refractivity contribution in [1.29, 1.82) is 0 Å². The Morgan fingerprint density at radius 3 is 2.69 bits per heavy atom. The summed E-state index contributed by atoms with van der Waals surface area (Å²) in [6.07, 6.45) is -1.54. The van der Waals surface area contributed by atoms with Gasteiger partial charge in [0.15, 0.2) is 0 Å². The van der Waals surface area contributed by atoms with Crippen molar-refractivity contribution in [3.63, 3.8) is 0 Å². The van der Waals surface area contributed by atoms with Crippen LogP contribution in [0.2, 0.25) is 0 Å². The molecule has 0 saturated carbocycles. The number of nitrogens with one attached hydrogen (secondary N) is 1. The Bertz CT molecular complexity index is 317. The van der Waals surface area contributed by atoms with Crippen LogP contribution in [0.25, 0.3) is 0 Å². The zero-order valence-corrected chi connectivity index (χ0v) is 9.38. The predicted octanol–water partition coefficient (Wildman–Crippen LogP) is 2.19. The van der Waals surface area contributed by atoms with Crippen LogP contribution in [0.5, 0.6) is 0 Å². The molecule has 0 spiro atoms. The summed E-state index contributed by atoms with van der Waals surface area (Å²) >= 11 is 0. The Morgan fingerprint density at radius 2 is 2.12 bits per heavy atom. The van der Waals surface area contributed by atoms with Crippen LogP contribution in [0.4, 0.5) is 13.2 Å². The molecule has 16 heavy (non-hydrogen) atoms. The van der Waals surface area contributed by atoms with Crippen LogP contribution in [-0.2, 0) is 13.1 Å². The molecule has 1 heterocycles. The van der Waals surface area contributed by atoms with E-state index in [9.17, 15) is 13.2 Å². The van der Waals surface area contributed by atoms with Crippen molar-refractivity contribution in [3.8, 4) is 0 Å². The van der Waals surface area contributed by atoms with E-state index < -0.39 is 12.7 Å². The highest BCUT2D eigenvalue weighted by atomic mass is 19.4. The number of hydrogen-bond acceptors (Lipinski definition) is 2. The summed E-state index contributed by atoms with van der Waals surface area (Å²) in [5, 5.41) is 3.09. The van der Waals surface area contributed by atoms with Crippen molar-refractivity contribution in [1.82, 2.24) is 14.9 Å². The monoisotopic (exact) mass is 235 g/mol. The summed E-state index contributed by atoms with van der Waals surface area (Å²) in [6.45, 7) is 4.29. The van der Waals surface area contributed by atoms with Gasteiger partial charge in [-0.2, -0.15) is 13.2 Å². The molecular weight excluding hydrogens is 219 g/mol. The minimum absolute atomic E-state index is 0.411. The van der Waals surface area contributed by atoms with Gasteiger partial charge in [0.2, 0.25) is 0 Å². The molecule has 0 saturated heterocycles. The van der Waals surface area contributed by atoms with Gasteiger partial charge in [0.1, 0.15) is 6.54 Å². The van der Waals surface area contributed by atoms with Gasteiger partial charge in [-0.15, -0.1) is 0 Å². The molecule has 0 aromatic carbocycles. The highest BCUT2D eigenvalue weighted by molar-refractivity contribution is 4.98. The molecule has 0 atom stereocenters. The lowest BCUT2D eigenvalue weighted by Crippen LogP contribution is -2.23. The first-order chi connectivity index (χ1) is 7.38. The van der Waals surface area contributed by atoms with E-state index >= 15 is 0 Å². The minimum atomic E-state index is -4.20. The maximum Gasteiger partial charge on any atom is 0.406 e. The molecule has 0 aliphatic rings. The van der Waals surface area contributed by atoms with E-state index in [1.165, 1.54) is 12.5 Å². The van der Waals surface area contributed by atoms with E-state index in [1.54, 1.807) is 0 Å². The van der Waals surface area contributed by atoms with Gasteiger partial charge in [0, 0.05) is 12.7 Å². The highest BCUT2D eigenvalue weighted by Gasteiger charge is 2.28. The van der Waals surface area contributed by atoms with Crippen molar-refractivity contribution in [3.05, 3.63) is 18.2 Å². The van der Waals surface area contributed by atoms with Gasteiger partial charge in [-0.1, -0.05) is 13.8 Å². The van der Waals surface area contributed by atoms with Crippen molar-refractivity contribution >= 4 is 0 Å². The Morgan fingerprint density at radius 1 is 1.44 bits per heavy atom. The van der Waals surface area contributed by atoms with Gasteiger partial charge in [-0.3, -0.25) is 0 Å². The first-order valence-corrected chi connectivity index (χ1v) is 5.15. The van der Waals surface area contributed by atoms with E-state index in [1.807, 2.05) is 13.8 Å². The van der Waals surface area contributed by atoms with Gasteiger partial charge in [-0.05, 0) is 12.5 Å². The van der Waals surface area contributed by atoms with Crippen molar-refractivity contribution < 1.29 is 13.2 Å². The fourth-order valence-corrected chi connectivity index (χ4v) is 1.32. The SMILES string of the molecule is CC(C)CNCc1cncn1CC(F)(F)F. The number of alkyl halides is 3. The largest absolute Gasteiger partial charge is 0.406 e. The number of nitrogens with zero attached hydrogens (tertiary/aromatic N) is 2. The smallest absolute Gasteiger partial charge is 0.324 e. The van der Waals surface area contributed by atoms with Crippen LogP contribution in [0, 0.1) is 5.92 Å². The van der Waals surface area contributed by atoms with E-state index in [0.717, 1.165) is 11.1 Å². The molecule has 0 aliphatic heterocycles. The molecule has 3 nitrogen and oxygen atoms in total. The lowest BCUT2D eigenvalue weighted by atomic mass is 10.2. The zero-order valence-electron chi connectivity index (χ0n) is 9.38. The number of aromatic nitrogens is 2. The van der Waals surface area contributed by atoms with E-state index in [0.29, 0.717) is 18.2 Å². The van der Waals surface area contributed by atoms with Crippen LogP contribution < -0.4 is 5.32 Å². The molecule has 0 amide bonds. The number of halogens is 3. The second kappa shape index (κ2) is 5.34. The van der Waals surface area contributed by atoms with E-state index in [2.05, 4.69) is 10.3 Å². The zero-order chi connectivity index (χ0) is 12.2. The van der Waals surface area contributed by atoms with Gasteiger partial charge >= 0.3 is 6.18 Å². The number of imidazole rings is 1. The third-order valence-corrected chi connectivity index (χ3v) is 2.01. The van der Waals surface area contributed by atoms with Crippen LogP contribution in [0.3, 0.4) is 0 Å². The first kappa shape index (κ1) is 13.0. The Labute approximate surface area is 92.7 Å². The molecule has 0 radical (unpaired) electrons. The quantitative estimate of drug-likeness (QED) is 0.847. The van der Waals surface area contributed by atoms with E-state index in [4.69, 9.17) is 0 Å². The van der Waals surface area contributed by atoms with Gasteiger partial charge in [0.25, 0.3) is 0 Å². The van der Waals surface area contributed by atoms with Crippen molar-refractivity contribution in [2.24, 2.45) is 5.92 Å². The summed E-state index contributed by atoms with van der Waals surface area (Å²) < 4.78 is 37.7. The Hall–Kier alpha value is -1.04. The summed E-state index contributed by atoms with van der Waals surface area (Å²) in [7, 11) is 0. The molecule has 92 valence electrons. The second-order valence-electron chi connectivity index (χ2n) is 4.15. The molecule has 1 rings (SSSR count). The second-order valence-corrected chi connectivity index (χ2v) is 4.15. The third kappa shape index (κ3) is 4.65. The average molecular weight is 235 g/mol. The lowest BCUT2D eigenvalue weighted by molar-refractivity contribution is -0.141. The minimum Gasteiger partial charge on any atom is -0.324 e. The van der Waals surface area contributed by atoms with Gasteiger partial charge < -0.3 is 9.88 Å². The molecule has 6 heteroatoms. The Kier molecular flexibility index (Phi) is 4.35. The molecule has 0 bridgehead atoms. The molecule has 1 N–H and O–H groups in total.